The van der Waals surface area contributed by atoms with E-state index in [1.807, 2.05) is 121 Å². The summed E-state index contributed by atoms with van der Waals surface area (Å²) < 4.78 is 30.6. The van der Waals surface area contributed by atoms with Gasteiger partial charge >= 0.3 is 17.4 Å². The molecule has 0 bridgehead atoms. The molecule has 0 heterocycles. The number of fused-ring (bicyclic) bond motifs is 2. The quantitative estimate of drug-likeness (QED) is 0.119. The van der Waals surface area contributed by atoms with Crippen LogP contribution in [0.3, 0.4) is 0 Å². The van der Waals surface area contributed by atoms with Crippen LogP contribution in [0.2, 0.25) is 10.0 Å². The van der Waals surface area contributed by atoms with E-state index < -0.39 is 25.8 Å². The van der Waals surface area contributed by atoms with Gasteiger partial charge in [-0.15, -0.1) is 0 Å². The summed E-state index contributed by atoms with van der Waals surface area (Å²) in [5.41, 5.74) is 0.949. The van der Waals surface area contributed by atoms with E-state index in [-0.39, 0.29) is 53.2 Å². The fourth-order valence-corrected chi connectivity index (χ4v) is 13.1. The molecule has 0 spiro atoms. The molecule has 0 amide bonds. The Bertz CT molecular complexity index is 2490. The molecule has 0 aliphatic carbocycles. The van der Waals surface area contributed by atoms with E-state index in [0.29, 0.717) is 63.9 Å². The molecule has 0 unspecified atom stereocenters. The van der Waals surface area contributed by atoms with Gasteiger partial charge in [0.25, 0.3) is 0 Å². The normalized spacial score (nSPS) is 11.5. The minimum Gasteiger partial charge on any atom is -1.00 e. The monoisotopic (exact) mass is 842 g/mol. The van der Waals surface area contributed by atoms with Crippen molar-refractivity contribution in [1.29, 1.82) is 0 Å². The van der Waals surface area contributed by atoms with Crippen LogP contribution in [-0.4, -0.2) is 17.4 Å². The number of hydrogen-bond donors (Lipinski definition) is 0. The second-order valence-corrected chi connectivity index (χ2v) is 19.9. The molecule has 0 aliphatic heterocycles. The summed E-state index contributed by atoms with van der Waals surface area (Å²) in [5.74, 6) is -0.812. The third kappa shape index (κ3) is 7.72. The van der Waals surface area contributed by atoms with E-state index in [9.17, 15) is 0 Å². The molecule has 8 aromatic carbocycles. The van der Waals surface area contributed by atoms with E-state index in [1.165, 1.54) is 0 Å². The van der Waals surface area contributed by atoms with Crippen molar-refractivity contribution < 1.29 is 31.8 Å². The van der Waals surface area contributed by atoms with Crippen LogP contribution in [0.1, 0.15) is 11.1 Å². The summed E-state index contributed by atoms with van der Waals surface area (Å²) in [6.45, 7) is 0. The Balaban J connectivity index is 0.00000266. The van der Waals surface area contributed by atoms with Gasteiger partial charge in [0.1, 0.15) is 14.3 Å². The minimum atomic E-state index is -3.41. The summed E-state index contributed by atoms with van der Waals surface area (Å²) in [5, 5.41) is 36.0. The molecule has 0 fully saturated rings. The molecule has 0 atom stereocenters. The molecule has 0 saturated carbocycles. The fourth-order valence-electron chi connectivity index (χ4n) is 7.38. The summed E-state index contributed by atoms with van der Waals surface area (Å²) in [6, 6.07) is 50.6. The predicted molar refractivity (Wildman–Crippen MR) is 228 cm³/mol. The first-order valence-electron chi connectivity index (χ1n) is 17.4. The van der Waals surface area contributed by atoms with Gasteiger partial charge in [-0.3, -0.25) is 0 Å². The average Bonchev–Trinajstić information content (AvgIpc) is 3.20. The summed E-state index contributed by atoms with van der Waals surface area (Å²) in [4.78, 5) is 0. The molecule has 56 heavy (non-hydrogen) atoms. The molecule has 0 N–H and O–H groups in total. The minimum absolute atomic E-state index is 0. The maximum Gasteiger partial charge on any atom is 3.00 e. The molecule has 4 nitrogen and oxygen atoms in total. The van der Waals surface area contributed by atoms with Gasteiger partial charge in [0.15, 0.2) is 0 Å². The largest absolute Gasteiger partial charge is 3.00 e. The molecule has 8 rings (SSSR count). The molecule has 0 radical (unpaired) electrons. The Morgan fingerprint density at radius 1 is 0.429 bits per heavy atom. The van der Waals surface area contributed by atoms with Gasteiger partial charge in [0.05, 0.1) is 0 Å². The zero-order chi connectivity index (χ0) is 37.5. The van der Waals surface area contributed by atoms with Gasteiger partial charge in [0.2, 0.25) is 0 Å². The van der Waals surface area contributed by atoms with E-state index in [1.54, 1.807) is 48.5 Å². The van der Waals surface area contributed by atoms with Gasteiger partial charge in [-0.1, -0.05) is 180 Å². The molecule has 0 aliphatic rings. The molecular formula is C46H32AlCl3O4P2. The number of hydrogen-bond acceptors (Lipinski definition) is 4. The maximum atomic E-state index is 15.3. The Kier molecular flexibility index (Phi) is 12.6. The van der Waals surface area contributed by atoms with Crippen molar-refractivity contribution in [2.75, 3.05) is 0 Å². The maximum absolute atomic E-state index is 15.3. The van der Waals surface area contributed by atoms with Crippen molar-refractivity contribution in [3.63, 3.8) is 0 Å². The van der Waals surface area contributed by atoms with E-state index in [4.69, 9.17) is 23.2 Å². The predicted octanol–water partition coefficient (Wildman–Crippen LogP) is 6.77. The zero-order valence-electron chi connectivity index (χ0n) is 29.8. The zero-order valence-corrected chi connectivity index (χ0v) is 35.0. The van der Waals surface area contributed by atoms with Crippen LogP contribution >= 0.6 is 37.5 Å². The van der Waals surface area contributed by atoms with Crippen molar-refractivity contribution in [3.8, 4) is 22.6 Å². The molecular weight excluding hydrogens is 812 g/mol. The number of rotatable bonds is 9. The molecule has 8 aromatic rings. The Morgan fingerprint density at radius 2 is 0.714 bits per heavy atom. The second kappa shape index (κ2) is 17.1. The SMILES string of the molecule is O=P(Cc1cc2cc(Cl)ccc2c(-c2c([O-])c(CP(=O)(c3ccccc3)c3ccccc3)cc3cc(Cl)ccc23)c1[O-])(c1ccccc1)c1ccccc1.[Al+3].[Cl-]. The summed E-state index contributed by atoms with van der Waals surface area (Å²) >= 11 is 13.1. The van der Waals surface area contributed by atoms with Crippen LogP contribution in [0.4, 0.5) is 0 Å². The topological polar surface area (TPSA) is 80.3 Å². The molecule has 0 saturated heterocycles. The summed E-state index contributed by atoms with van der Waals surface area (Å²) in [6.07, 6.45) is -0.158. The molecule has 0 aromatic heterocycles. The van der Waals surface area contributed by atoms with Gasteiger partial charge in [-0.05, 0) is 68.1 Å². The van der Waals surface area contributed by atoms with Gasteiger partial charge < -0.3 is 31.8 Å². The first-order valence-corrected chi connectivity index (χ1v) is 21.9. The Morgan fingerprint density at radius 3 is 1.00 bits per heavy atom. The first-order chi connectivity index (χ1) is 26.2. The van der Waals surface area contributed by atoms with Crippen LogP contribution in [0.15, 0.2) is 170 Å². The number of benzene rings is 8. The smallest absolute Gasteiger partial charge is 1.00 e. The van der Waals surface area contributed by atoms with Gasteiger partial charge in [0, 0.05) is 43.6 Å². The molecule has 274 valence electrons. The van der Waals surface area contributed by atoms with Crippen LogP contribution in [0.25, 0.3) is 32.7 Å². The van der Waals surface area contributed by atoms with E-state index in [2.05, 4.69) is 0 Å². The fraction of sp³-hybridized carbons (Fsp3) is 0.0435. The molecule has 10 heteroatoms. The van der Waals surface area contributed by atoms with E-state index in [0.717, 1.165) is 0 Å². The second-order valence-electron chi connectivity index (χ2n) is 13.3. The van der Waals surface area contributed by atoms with Crippen LogP contribution in [-0.2, 0) is 21.5 Å². The standard InChI is InChI=1S/C46H34Cl2O4P2.Al.ClH/c47-35-21-23-41-31(27-35)25-33(29-53(51,37-13-5-1-6-14-37)38-15-7-2-8-16-38)45(49)43(41)44-42-24-22-36(48)28-32(42)26-34(46(44)50)30-54(52,39-17-9-3-10-18-39)40-19-11-4-12-20-40;;/h1-28,49-50H,29-30H2;;1H/q;+3;/p-3. The van der Waals surface area contributed by atoms with Crippen molar-refractivity contribution in [3.05, 3.63) is 191 Å². The first kappa shape index (κ1) is 41.4. The van der Waals surface area contributed by atoms with Crippen molar-refractivity contribution in [1.82, 2.24) is 0 Å². The number of halogens is 3. The van der Waals surface area contributed by atoms with Crippen LogP contribution < -0.4 is 43.8 Å². The van der Waals surface area contributed by atoms with Crippen LogP contribution in [0.5, 0.6) is 11.5 Å². The third-order valence-electron chi connectivity index (χ3n) is 9.99. The third-order valence-corrected chi connectivity index (χ3v) is 16.6. The van der Waals surface area contributed by atoms with Gasteiger partial charge in [-0.2, -0.15) is 0 Å². The Hall–Kier alpha value is -4.26. The Labute approximate surface area is 353 Å². The van der Waals surface area contributed by atoms with Crippen molar-refractivity contribution >= 4 is 97.6 Å². The van der Waals surface area contributed by atoms with Crippen LogP contribution in [0, 0.1) is 0 Å². The van der Waals surface area contributed by atoms with E-state index >= 15 is 19.3 Å². The summed E-state index contributed by atoms with van der Waals surface area (Å²) in [7, 11) is -6.82. The average molecular weight is 844 g/mol. The van der Waals surface area contributed by atoms with Crippen molar-refractivity contribution in [2.45, 2.75) is 12.3 Å². The van der Waals surface area contributed by atoms with Gasteiger partial charge in [-0.25, -0.2) is 0 Å². The van der Waals surface area contributed by atoms with Crippen molar-refractivity contribution in [2.24, 2.45) is 0 Å².